The molecule has 0 amide bonds. The Morgan fingerprint density at radius 2 is 2.00 bits per heavy atom. The summed E-state index contributed by atoms with van der Waals surface area (Å²) >= 11 is 0. The van der Waals surface area contributed by atoms with Gasteiger partial charge in [-0.1, -0.05) is 18.2 Å². The summed E-state index contributed by atoms with van der Waals surface area (Å²) in [6.07, 6.45) is 3.40. The maximum absolute atomic E-state index is 11.3. The second kappa shape index (κ2) is 4.78. The predicted octanol–water partition coefficient (Wildman–Crippen LogP) is 2.96. The van der Waals surface area contributed by atoms with Gasteiger partial charge in [0, 0.05) is 17.3 Å². The fourth-order valence-corrected chi connectivity index (χ4v) is 1.61. The maximum atomic E-state index is 11.3. The number of nitrogens with zero attached hydrogens (tertiary/aromatic N) is 1. The van der Waals surface area contributed by atoms with Crippen LogP contribution in [0.1, 0.15) is 17.3 Å². The van der Waals surface area contributed by atoms with Crippen molar-refractivity contribution in [3.8, 4) is 16.9 Å². The SMILES string of the molecule is COc1cncc(-c2cccc(C(C)=O)c2)c1. The molecule has 86 valence electrons. The Labute approximate surface area is 100 Å². The van der Waals surface area contributed by atoms with Gasteiger partial charge >= 0.3 is 0 Å². The zero-order valence-electron chi connectivity index (χ0n) is 9.81. The van der Waals surface area contributed by atoms with Gasteiger partial charge in [-0.25, -0.2) is 0 Å². The zero-order valence-corrected chi connectivity index (χ0v) is 9.81. The normalized spacial score (nSPS) is 10.0. The van der Waals surface area contributed by atoms with Crippen molar-refractivity contribution in [2.24, 2.45) is 0 Å². The molecule has 0 fully saturated rings. The Balaban J connectivity index is 2.45. The molecule has 1 aromatic heterocycles. The minimum absolute atomic E-state index is 0.0581. The van der Waals surface area contributed by atoms with Gasteiger partial charge in [-0.15, -0.1) is 0 Å². The number of rotatable bonds is 3. The van der Waals surface area contributed by atoms with Crippen LogP contribution in [0.4, 0.5) is 0 Å². The highest BCUT2D eigenvalue weighted by atomic mass is 16.5. The minimum atomic E-state index is 0.0581. The number of pyridine rings is 1. The fourth-order valence-electron chi connectivity index (χ4n) is 1.61. The maximum Gasteiger partial charge on any atom is 0.159 e. The molecule has 1 heterocycles. The topological polar surface area (TPSA) is 39.2 Å². The van der Waals surface area contributed by atoms with Crippen LogP contribution < -0.4 is 4.74 Å². The number of carbonyl (C=O) groups is 1. The first-order valence-corrected chi connectivity index (χ1v) is 5.31. The number of Topliss-reactive ketones (excluding diaryl/α,β-unsaturated/α-hetero) is 1. The third-order valence-electron chi connectivity index (χ3n) is 2.55. The monoisotopic (exact) mass is 227 g/mol. The van der Waals surface area contributed by atoms with E-state index in [9.17, 15) is 4.79 Å². The Kier molecular flexibility index (Phi) is 3.19. The lowest BCUT2D eigenvalue weighted by Crippen LogP contribution is -1.92. The molecule has 0 unspecified atom stereocenters. The van der Waals surface area contributed by atoms with Crippen LogP contribution in [0, 0.1) is 0 Å². The van der Waals surface area contributed by atoms with Crippen molar-refractivity contribution in [3.63, 3.8) is 0 Å². The number of hydrogen-bond acceptors (Lipinski definition) is 3. The van der Waals surface area contributed by atoms with Crippen LogP contribution in [-0.2, 0) is 0 Å². The van der Waals surface area contributed by atoms with Gasteiger partial charge in [-0.05, 0) is 24.6 Å². The molecule has 3 heteroatoms. The van der Waals surface area contributed by atoms with Crippen LogP contribution in [0.5, 0.6) is 5.75 Å². The molecule has 0 aliphatic heterocycles. The number of hydrogen-bond donors (Lipinski definition) is 0. The zero-order chi connectivity index (χ0) is 12.3. The van der Waals surface area contributed by atoms with E-state index in [1.165, 1.54) is 0 Å². The molecular weight excluding hydrogens is 214 g/mol. The molecule has 0 spiro atoms. The van der Waals surface area contributed by atoms with E-state index >= 15 is 0 Å². The van der Waals surface area contributed by atoms with E-state index in [4.69, 9.17) is 4.74 Å². The van der Waals surface area contributed by atoms with E-state index in [1.807, 2.05) is 24.3 Å². The number of methoxy groups -OCH3 is 1. The molecule has 0 saturated carbocycles. The second-order valence-corrected chi connectivity index (χ2v) is 3.75. The largest absolute Gasteiger partial charge is 0.495 e. The molecule has 17 heavy (non-hydrogen) atoms. The van der Waals surface area contributed by atoms with Gasteiger partial charge in [-0.3, -0.25) is 9.78 Å². The first-order chi connectivity index (χ1) is 8.20. The van der Waals surface area contributed by atoms with Gasteiger partial charge < -0.3 is 4.74 Å². The van der Waals surface area contributed by atoms with E-state index in [1.54, 1.807) is 32.5 Å². The summed E-state index contributed by atoms with van der Waals surface area (Å²) in [5, 5.41) is 0. The van der Waals surface area contributed by atoms with Crippen molar-refractivity contribution in [2.75, 3.05) is 7.11 Å². The molecule has 2 rings (SSSR count). The van der Waals surface area contributed by atoms with Gasteiger partial charge in [0.25, 0.3) is 0 Å². The Hall–Kier alpha value is -2.16. The number of ether oxygens (including phenoxy) is 1. The summed E-state index contributed by atoms with van der Waals surface area (Å²) in [7, 11) is 1.60. The number of benzene rings is 1. The van der Waals surface area contributed by atoms with E-state index < -0.39 is 0 Å². The molecule has 0 atom stereocenters. The lowest BCUT2D eigenvalue weighted by Gasteiger charge is -2.05. The molecule has 0 bridgehead atoms. The Morgan fingerprint density at radius 3 is 2.71 bits per heavy atom. The number of ketones is 1. The molecule has 3 nitrogen and oxygen atoms in total. The summed E-state index contributed by atoms with van der Waals surface area (Å²) < 4.78 is 5.12. The highest BCUT2D eigenvalue weighted by Gasteiger charge is 2.03. The lowest BCUT2D eigenvalue weighted by molar-refractivity contribution is 0.101. The van der Waals surface area contributed by atoms with Crippen LogP contribution in [0.2, 0.25) is 0 Å². The number of aromatic nitrogens is 1. The number of carbonyl (C=O) groups excluding carboxylic acids is 1. The smallest absolute Gasteiger partial charge is 0.159 e. The molecule has 1 aromatic carbocycles. The first kappa shape index (κ1) is 11.3. The van der Waals surface area contributed by atoms with Crippen molar-refractivity contribution < 1.29 is 9.53 Å². The molecule has 0 aliphatic carbocycles. The predicted molar refractivity (Wildman–Crippen MR) is 66.2 cm³/mol. The quantitative estimate of drug-likeness (QED) is 0.757. The summed E-state index contributed by atoms with van der Waals surface area (Å²) in [6.45, 7) is 1.56. The van der Waals surface area contributed by atoms with Gasteiger partial charge in [0.2, 0.25) is 0 Å². The standard InChI is InChI=1S/C14H13NO2/c1-10(16)11-4-3-5-12(6-11)13-7-14(17-2)9-15-8-13/h3-9H,1-2H3. The van der Waals surface area contributed by atoms with Crippen LogP contribution >= 0.6 is 0 Å². The van der Waals surface area contributed by atoms with E-state index in [2.05, 4.69) is 4.98 Å². The van der Waals surface area contributed by atoms with E-state index in [0.717, 1.165) is 11.1 Å². The lowest BCUT2D eigenvalue weighted by atomic mass is 10.0. The van der Waals surface area contributed by atoms with Crippen LogP contribution in [0.3, 0.4) is 0 Å². The summed E-state index contributed by atoms with van der Waals surface area (Å²) in [6, 6.07) is 9.37. The summed E-state index contributed by atoms with van der Waals surface area (Å²) in [5.41, 5.74) is 2.60. The first-order valence-electron chi connectivity index (χ1n) is 5.31. The van der Waals surface area contributed by atoms with Crippen molar-refractivity contribution in [3.05, 3.63) is 48.3 Å². The van der Waals surface area contributed by atoms with E-state index in [-0.39, 0.29) is 5.78 Å². The van der Waals surface area contributed by atoms with Gasteiger partial charge in [0.15, 0.2) is 5.78 Å². The third kappa shape index (κ3) is 2.50. The molecule has 0 radical (unpaired) electrons. The van der Waals surface area contributed by atoms with Crippen molar-refractivity contribution in [1.29, 1.82) is 0 Å². The average Bonchev–Trinajstić information content (AvgIpc) is 2.39. The molecule has 0 saturated heterocycles. The molecule has 2 aromatic rings. The van der Waals surface area contributed by atoms with Crippen molar-refractivity contribution >= 4 is 5.78 Å². The molecule has 0 N–H and O–H groups in total. The summed E-state index contributed by atoms with van der Waals surface area (Å²) in [4.78, 5) is 15.4. The molecule has 0 aliphatic rings. The Bertz CT molecular complexity index is 549. The van der Waals surface area contributed by atoms with Crippen LogP contribution in [0.25, 0.3) is 11.1 Å². The van der Waals surface area contributed by atoms with Crippen LogP contribution in [-0.4, -0.2) is 17.9 Å². The van der Waals surface area contributed by atoms with Crippen LogP contribution in [0.15, 0.2) is 42.7 Å². The van der Waals surface area contributed by atoms with E-state index in [0.29, 0.717) is 11.3 Å². The second-order valence-electron chi connectivity index (χ2n) is 3.75. The third-order valence-corrected chi connectivity index (χ3v) is 2.55. The fraction of sp³-hybridized carbons (Fsp3) is 0.143. The Morgan fingerprint density at radius 1 is 1.18 bits per heavy atom. The highest BCUT2D eigenvalue weighted by molar-refractivity contribution is 5.95. The molecular formula is C14H13NO2. The highest BCUT2D eigenvalue weighted by Crippen LogP contribution is 2.23. The van der Waals surface area contributed by atoms with Crippen molar-refractivity contribution in [1.82, 2.24) is 4.98 Å². The van der Waals surface area contributed by atoms with Gasteiger partial charge in [0.05, 0.1) is 13.3 Å². The van der Waals surface area contributed by atoms with Gasteiger partial charge in [-0.2, -0.15) is 0 Å². The van der Waals surface area contributed by atoms with Gasteiger partial charge in [0.1, 0.15) is 5.75 Å². The average molecular weight is 227 g/mol. The van der Waals surface area contributed by atoms with Crippen molar-refractivity contribution in [2.45, 2.75) is 6.92 Å². The minimum Gasteiger partial charge on any atom is -0.495 e. The summed E-state index contributed by atoms with van der Waals surface area (Å²) in [5.74, 6) is 0.762.